The number of phenolic OH excluding ortho intramolecular Hbond substituents is 1. The van der Waals surface area contributed by atoms with Crippen molar-refractivity contribution in [2.45, 2.75) is 6.92 Å². The van der Waals surface area contributed by atoms with Gasteiger partial charge in [0.25, 0.3) is 0 Å². The molecule has 2 aromatic carbocycles. The monoisotopic (exact) mass is 294 g/mol. The first-order valence-corrected chi connectivity index (χ1v) is 6.76. The van der Waals surface area contributed by atoms with Gasteiger partial charge in [-0.15, -0.1) is 0 Å². The van der Waals surface area contributed by atoms with Crippen LogP contribution in [0.3, 0.4) is 0 Å². The highest BCUT2D eigenvalue weighted by molar-refractivity contribution is 6.06. The van der Waals surface area contributed by atoms with E-state index in [0.717, 1.165) is 5.56 Å². The number of H-pyrrole nitrogens is 1. The smallest absolute Gasteiger partial charge is 0.199 e. The van der Waals surface area contributed by atoms with E-state index in [2.05, 4.69) is 10.1 Å². The molecule has 3 rings (SSSR count). The largest absolute Gasteiger partial charge is 0.506 e. The number of hydrogen-bond acceptors (Lipinski definition) is 4. The summed E-state index contributed by atoms with van der Waals surface area (Å²) in [5, 5.41) is 22.6. The number of rotatable bonds is 2. The third-order valence-electron chi connectivity index (χ3n) is 3.59. The molecule has 1 aromatic heterocycles. The van der Waals surface area contributed by atoms with Crippen molar-refractivity contribution in [1.82, 2.24) is 4.98 Å². The zero-order valence-corrected chi connectivity index (χ0v) is 11.9. The average molecular weight is 294 g/mol. The molecule has 3 aromatic rings. The van der Waals surface area contributed by atoms with Gasteiger partial charge in [0, 0.05) is 5.39 Å². The number of pyridine rings is 1. The Labute approximate surface area is 126 Å². The minimum atomic E-state index is -0.293. The number of para-hydroxylation sites is 1. The Morgan fingerprint density at radius 3 is 2.50 bits per heavy atom. The van der Waals surface area contributed by atoms with E-state index in [1.54, 1.807) is 19.1 Å². The molecule has 1 heterocycles. The molecule has 5 heteroatoms. The zero-order valence-electron chi connectivity index (χ0n) is 11.9. The Hall–Kier alpha value is -3.08. The molecule has 0 fully saturated rings. The highest BCUT2D eigenvalue weighted by atomic mass is 16.4. The Morgan fingerprint density at radius 2 is 1.82 bits per heavy atom. The minimum absolute atomic E-state index is 0.00285. The maximum atomic E-state index is 12.8. The number of aromatic amines is 1. The number of phenols is 1. The molecular formula is C17H14N2O3. The minimum Gasteiger partial charge on any atom is -0.506 e. The summed E-state index contributed by atoms with van der Waals surface area (Å²) in [5.41, 5.74) is 1.84. The van der Waals surface area contributed by atoms with Crippen molar-refractivity contribution in [3.05, 3.63) is 64.3 Å². The highest BCUT2D eigenvalue weighted by Crippen LogP contribution is 2.27. The number of aromatic nitrogens is 1. The second-order valence-electron chi connectivity index (χ2n) is 4.96. The van der Waals surface area contributed by atoms with Gasteiger partial charge in [-0.1, -0.05) is 41.6 Å². The zero-order chi connectivity index (χ0) is 15.7. The van der Waals surface area contributed by atoms with E-state index in [-0.39, 0.29) is 22.5 Å². The van der Waals surface area contributed by atoms with Crippen molar-refractivity contribution >= 4 is 16.6 Å². The second kappa shape index (κ2) is 5.37. The Balaban J connectivity index is 2.49. The summed E-state index contributed by atoms with van der Waals surface area (Å²) >= 11 is 0. The van der Waals surface area contributed by atoms with E-state index in [1.807, 2.05) is 30.3 Å². The van der Waals surface area contributed by atoms with Crippen LogP contribution in [-0.2, 0) is 0 Å². The summed E-state index contributed by atoms with van der Waals surface area (Å²) in [5.74, 6) is -0.00285. The molecule has 0 unspecified atom stereocenters. The molecule has 0 aliphatic heterocycles. The van der Waals surface area contributed by atoms with Gasteiger partial charge in [0.15, 0.2) is 5.43 Å². The van der Waals surface area contributed by atoms with E-state index < -0.39 is 0 Å². The van der Waals surface area contributed by atoms with Gasteiger partial charge in [-0.25, -0.2) is 0 Å². The van der Waals surface area contributed by atoms with Gasteiger partial charge in [-0.2, -0.15) is 0 Å². The molecule has 0 bridgehead atoms. The Morgan fingerprint density at radius 1 is 1.09 bits per heavy atom. The van der Waals surface area contributed by atoms with Crippen LogP contribution < -0.4 is 5.43 Å². The predicted octanol–water partition coefficient (Wildman–Crippen LogP) is 3.10. The lowest BCUT2D eigenvalue weighted by molar-refractivity contribution is 0.319. The summed E-state index contributed by atoms with van der Waals surface area (Å²) in [7, 11) is 0. The van der Waals surface area contributed by atoms with Crippen LogP contribution in [-0.4, -0.2) is 21.0 Å². The first-order valence-electron chi connectivity index (χ1n) is 6.76. The van der Waals surface area contributed by atoms with Gasteiger partial charge >= 0.3 is 0 Å². The van der Waals surface area contributed by atoms with E-state index in [1.165, 1.54) is 6.07 Å². The predicted molar refractivity (Wildman–Crippen MR) is 85.7 cm³/mol. The van der Waals surface area contributed by atoms with Crippen LogP contribution in [0.2, 0.25) is 0 Å². The van der Waals surface area contributed by atoms with Crippen LogP contribution in [0.15, 0.2) is 58.5 Å². The molecule has 0 amide bonds. The standard InChI is InChI=1S/C17H14N2O3/c1-10(19-22)14-15(11-6-3-2-4-7-11)18-16-12(17(14)21)8-5-9-13(16)20/h2-9,20,22H,1H3,(H,18,21)/b19-10+. The number of oxime groups is 1. The molecule has 0 radical (unpaired) electrons. The number of nitrogens with one attached hydrogen (secondary N) is 1. The third-order valence-corrected chi connectivity index (χ3v) is 3.59. The van der Waals surface area contributed by atoms with Crippen LogP contribution in [0.5, 0.6) is 5.75 Å². The Kier molecular flexibility index (Phi) is 3.39. The molecule has 110 valence electrons. The third kappa shape index (κ3) is 2.13. The van der Waals surface area contributed by atoms with E-state index in [9.17, 15) is 9.90 Å². The van der Waals surface area contributed by atoms with Gasteiger partial charge in [-0.05, 0) is 24.6 Å². The lowest BCUT2D eigenvalue weighted by Gasteiger charge is -2.11. The maximum absolute atomic E-state index is 12.8. The number of hydrogen-bond donors (Lipinski definition) is 3. The maximum Gasteiger partial charge on any atom is 0.199 e. The van der Waals surface area contributed by atoms with Crippen molar-refractivity contribution in [2.24, 2.45) is 5.16 Å². The van der Waals surface area contributed by atoms with Crippen LogP contribution in [0.4, 0.5) is 0 Å². The molecule has 0 spiro atoms. The van der Waals surface area contributed by atoms with Gasteiger partial charge in [0.1, 0.15) is 5.75 Å². The van der Waals surface area contributed by atoms with Crippen molar-refractivity contribution in [3.8, 4) is 17.0 Å². The van der Waals surface area contributed by atoms with Crippen LogP contribution in [0.1, 0.15) is 12.5 Å². The number of aromatic hydroxyl groups is 1. The fraction of sp³-hybridized carbons (Fsp3) is 0.0588. The molecule has 3 N–H and O–H groups in total. The Bertz CT molecular complexity index is 928. The van der Waals surface area contributed by atoms with E-state index in [4.69, 9.17) is 5.21 Å². The lowest BCUT2D eigenvalue weighted by atomic mass is 9.99. The summed E-state index contributed by atoms with van der Waals surface area (Å²) in [6.07, 6.45) is 0. The van der Waals surface area contributed by atoms with Crippen LogP contribution in [0, 0.1) is 0 Å². The van der Waals surface area contributed by atoms with E-state index in [0.29, 0.717) is 16.6 Å². The summed E-state index contributed by atoms with van der Waals surface area (Å²) in [6, 6.07) is 14.0. The number of fused-ring (bicyclic) bond motifs is 1. The van der Waals surface area contributed by atoms with Gasteiger partial charge in [-0.3, -0.25) is 4.79 Å². The van der Waals surface area contributed by atoms with Crippen molar-refractivity contribution in [2.75, 3.05) is 0 Å². The lowest BCUT2D eigenvalue weighted by Crippen LogP contribution is -2.17. The number of benzene rings is 2. The summed E-state index contributed by atoms with van der Waals surface area (Å²) < 4.78 is 0. The topological polar surface area (TPSA) is 85.7 Å². The van der Waals surface area contributed by atoms with E-state index >= 15 is 0 Å². The first kappa shape index (κ1) is 13.9. The van der Waals surface area contributed by atoms with Crippen LogP contribution >= 0.6 is 0 Å². The highest BCUT2D eigenvalue weighted by Gasteiger charge is 2.17. The van der Waals surface area contributed by atoms with Gasteiger partial charge < -0.3 is 15.3 Å². The summed E-state index contributed by atoms with van der Waals surface area (Å²) in [6.45, 7) is 1.56. The van der Waals surface area contributed by atoms with Gasteiger partial charge in [0.05, 0.1) is 22.5 Å². The molecule has 0 saturated heterocycles. The molecule has 0 aliphatic rings. The molecular weight excluding hydrogens is 280 g/mol. The van der Waals surface area contributed by atoms with Crippen molar-refractivity contribution < 1.29 is 10.3 Å². The summed E-state index contributed by atoms with van der Waals surface area (Å²) in [4.78, 5) is 15.8. The second-order valence-corrected chi connectivity index (χ2v) is 4.96. The molecule has 22 heavy (non-hydrogen) atoms. The van der Waals surface area contributed by atoms with Gasteiger partial charge in [0.2, 0.25) is 0 Å². The SMILES string of the molecule is C/C(=N\O)c1c(-c2ccccc2)[nH]c2c(O)cccc2c1=O. The average Bonchev–Trinajstić information content (AvgIpc) is 2.55. The van der Waals surface area contributed by atoms with Crippen molar-refractivity contribution in [1.29, 1.82) is 0 Å². The normalized spacial score (nSPS) is 11.8. The number of nitrogens with zero attached hydrogens (tertiary/aromatic N) is 1. The molecule has 0 aliphatic carbocycles. The fourth-order valence-electron chi connectivity index (χ4n) is 2.51. The quantitative estimate of drug-likeness (QED) is 0.385. The molecule has 0 atom stereocenters. The van der Waals surface area contributed by atoms with Crippen LogP contribution in [0.25, 0.3) is 22.2 Å². The molecule has 0 saturated carbocycles. The molecule has 5 nitrogen and oxygen atoms in total. The fourth-order valence-corrected chi connectivity index (χ4v) is 2.51. The first-order chi connectivity index (χ1) is 10.6. The van der Waals surface area contributed by atoms with Crippen molar-refractivity contribution in [3.63, 3.8) is 0 Å².